The molecule has 0 radical (unpaired) electrons. The molecule has 1 aliphatic heterocycles. The van der Waals surface area contributed by atoms with Crippen LogP contribution in [-0.4, -0.2) is 31.5 Å². The fourth-order valence-electron chi connectivity index (χ4n) is 1.61. The Bertz CT molecular complexity index is 591. The van der Waals surface area contributed by atoms with Crippen molar-refractivity contribution >= 4 is 15.9 Å². The van der Waals surface area contributed by atoms with Crippen molar-refractivity contribution in [3.05, 3.63) is 29.8 Å². The Morgan fingerprint density at radius 2 is 2.06 bits per heavy atom. The van der Waals surface area contributed by atoms with Crippen LogP contribution in [0.3, 0.4) is 0 Å². The number of benzene rings is 1. The van der Waals surface area contributed by atoms with E-state index in [2.05, 4.69) is 9.71 Å². The summed E-state index contributed by atoms with van der Waals surface area (Å²) in [6, 6.07) is 6.67. The Morgan fingerprint density at radius 3 is 2.72 bits per heavy atom. The van der Waals surface area contributed by atoms with Crippen molar-refractivity contribution in [3.63, 3.8) is 0 Å². The first-order valence-electron chi connectivity index (χ1n) is 5.75. The first-order valence-corrected chi connectivity index (χ1v) is 7.23. The first-order chi connectivity index (χ1) is 8.36. The molecule has 0 aromatic heterocycles. The first kappa shape index (κ1) is 13.0. The second-order valence-electron chi connectivity index (χ2n) is 4.62. The second-order valence-corrected chi connectivity index (χ2v) is 6.27. The van der Waals surface area contributed by atoms with E-state index in [0.29, 0.717) is 17.8 Å². The van der Waals surface area contributed by atoms with E-state index in [1.165, 1.54) is 6.07 Å². The Labute approximate surface area is 107 Å². The number of sulfonamides is 1. The molecule has 1 aliphatic rings. The van der Waals surface area contributed by atoms with Crippen LogP contribution in [0, 0.1) is 0 Å². The molecule has 2 N–H and O–H groups in total. The second kappa shape index (κ2) is 4.37. The normalized spacial score (nSPS) is 22.3. The zero-order valence-electron chi connectivity index (χ0n) is 10.3. The van der Waals surface area contributed by atoms with E-state index in [-0.39, 0.29) is 11.4 Å². The molecule has 2 rings (SSSR count). The zero-order chi connectivity index (χ0) is 13.4. The Hall–Kier alpha value is -1.40. The van der Waals surface area contributed by atoms with Gasteiger partial charge in [0.15, 0.2) is 0 Å². The minimum Gasteiger partial charge on any atom is -0.388 e. The van der Waals surface area contributed by atoms with Crippen LogP contribution in [0.15, 0.2) is 34.2 Å². The third-order valence-electron chi connectivity index (χ3n) is 3.00. The number of rotatable bonds is 3. The maximum atomic E-state index is 11.8. The fraction of sp³-hybridized carbons (Fsp3) is 0.417. The third kappa shape index (κ3) is 2.39. The summed E-state index contributed by atoms with van der Waals surface area (Å²) in [5.74, 6) is 0.305. The zero-order valence-corrected chi connectivity index (χ0v) is 11.2. The van der Waals surface area contributed by atoms with Gasteiger partial charge in [-0.2, -0.15) is 0 Å². The average Bonchev–Trinajstić information content (AvgIpc) is 2.60. The van der Waals surface area contributed by atoms with Crippen LogP contribution in [0.4, 0.5) is 0 Å². The molecule has 0 amide bonds. The van der Waals surface area contributed by atoms with Gasteiger partial charge in [0.25, 0.3) is 10.0 Å². The smallest absolute Gasteiger partial charge is 0.263 e. The number of aliphatic hydroxyl groups is 1. The summed E-state index contributed by atoms with van der Waals surface area (Å²) in [4.78, 5) is 4.42. The van der Waals surface area contributed by atoms with Gasteiger partial charge < -0.3 is 5.11 Å². The Balaban J connectivity index is 2.37. The number of fused-ring (bicyclic) bond motifs is 1. The van der Waals surface area contributed by atoms with Gasteiger partial charge in [-0.25, -0.2) is 8.42 Å². The van der Waals surface area contributed by atoms with E-state index >= 15 is 0 Å². The molecule has 18 heavy (non-hydrogen) atoms. The van der Waals surface area contributed by atoms with Gasteiger partial charge in [-0.05, 0) is 25.5 Å². The standard InChI is InChI=1S/C12H16N2O3S/c1-3-12(2,15)8-13-11-9-6-4-5-7-10(9)18(16,17)14-11/h4-7,15H,3,8H2,1-2H3,(H,13,14). The molecule has 5 nitrogen and oxygen atoms in total. The summed E-state index contributed by atoms with van der Waals surface area (Å²) in [5.41, 5.74) is -0.361. The summed E-state index contributed by atoms with van der Waals surface area (Å²) in [7, 11) is -3.49. The van der Waals surface area contributed by atoms with Crippen molar-refractivity contribution in [1.82, 2.24) is 4.72 Å². The number of nitrogens with zero attached hydrogens (tertiary/aromatic N) is 1. The van der Waals surface area contributed by atoms with E-state index in [1.807, 2.05) is 6.92 Å². The topological polar surface area (TPSA) is 78.8 Å². The van der Waals surface area contributed by atoms with Gasteiger partial charge in [0.05, 0.1) is 17.0 Å². The molecule has 1 atom stereocenters. The van der Waals surface area contributed by atoms with E-state index in [1.54, 1.807) is 25.1 Å². The molecular weight excluding hydrogens is 252 g/mol. The van der Waals surface area contributed by atoms with E-state index in [4.69, 9.17) is 0 Å². The molecule has 0 fully saturated rings. The number of aliphatic imine (C=N–C) groups is 1. The molecule has 0 spiro atoms. The minimum atomic E-state index is -3.49. The molecule has 1 heterocycles. The van der Waals surface area contributed by atoms with Crippen molar-refractivity contribution in [1.29, 1.82) is 0 Å². The lowest BCUT2D eigenvalue weighted by molar-refractivity contribution is 0.0658. The van der Waals surface area contributed by atoms with Crippen LogP contribution in [0.25, 0.3) is 0 Å². The largest absolute Gasteiger partial charge is 0.388 e. The quantitative estimate of drug-likeness (QED) is 0.854. The lowest BCUT2D eigenvalue weighted by atomic mass is 10.0. The molecule has 6 heteroatoms. The lowest BCUT2D eigenvalue weighted by Gasteiger charge is -2.18. The van der Waals surface area contributed by atoms with Crippen LogP contribution in [0.1, 0.15) is 25.8 Å². The summed E-state index contributed by atoms with van der Waals surface area (Å²) in [6.45, 7) is 3.69. The number of nitrogens with one attached hydrogen (secondary N) is 1. The Morgan fingerprint density at radius 1 is 1.39 bits per heavy atom. The molecule has 0 aliphatic carbocycles. The van der Waals surface area contributed by atoms with E-state index in [0.717, 1.165) is 0 Å². The lowest BCUT2D eigenvalue weighted by Crippen LogP contribution is -2.29. The van der Waals surface area contributed by atoms with Gasteiger partial charge in [0, 0.05) is 5.56 Å². The molecular formula is C12H16N2O3S. The Kier molecular flexibility index (Phi) is 3.16. The van der Waals surface area contributed by atoms with Gasteiger partial charge in [0.2, 0.25) is 0 Å². The highest BCUT2D eigenvalue weighted by Crippen LogP contribution is 2.22. The van der Waals surface area contributed by atoms with Gasteiger partial charge >= 0.3 is 0 Å². The van der Waals surface area contributed by atoms with Crippen LogP contribution in [0.2, 0.25) is 0 Å². The number of hydrogen-bond donors (Lipinski definition) is 2. The third-order valence-corrected chi connectivity index (χ3v) is 4.40. The fourth-order valence-corrected chi connectivity index (χ4v) is 2.86. The van der Waals surface area contributed by atoms with Crippen molar-refractivity contribution in [2.45, 2.75) is 30.8 Å². The van der Waals surface area contributed by atoms with Crippen LogP contribution >= 0.6 is 0 Å². The molecule has 98 valence electrons. The monoisotopic (exact) mass is 268 g/mol. The van der Waals surface area contributed by atoms with Crippen molar-refractivity contribution in [3.8, 4) is 0 Å². The van der Waals surface area contributed by atoms with Gasteiger partial charge in [-0.1, -0.05) is 19.1 Å². The van der Waals surface area contributed by atoms with E-state index < -0.39 is 15.6 Å². The minimum absolute atomic E-state index is 0.162. The molecule has 0 saturated heterocycles. The summed E-state index contributed by atoms with van der Waals surface area (Å²) >= 11 is 0. The highest BCUT2D eigenvalue weighted by Gasteiger charge is 2.30. The van der Waals surface area contributed by atoms with Crippen LogP contribution in [0.5, 0.6) is 0 Å². The van der Waals surface area contributed by atoms with Gasteiger partial charge in [0.1, 0.15) is 5.84 Å². The highest BCUT2D eigenvalue weighted by atomic mass is 32.2. The SMILES string of the molecule is CCC(C)(O)CN=C1NS(=O)(=O)c2ccccc21. The van der Waals surface area contributed by atoms with Crippen LogP contribution in [-0.2, 0) is 10.0 Å². The van der Waals surface area contributed by atoms with Gasteiger partial charge in [-0.15, -0.1) is 0 Å². The van der Waals surface area contributed by atoms with Crippen LogP contribution < -0.4 is 4.72 Å². The van der Waals surface area contributed by atoms with E-state index in [9.17, 15) is 13.5 Å². The average molecular weight is 268 g/mol. The van der Waals surface area contributed by atoms with Crippen molar-refractivity contribution < 1.29 is 13.5 Å². The predicted octanol–water partition coefficient (Wildman–Crippen LogP) is 0.886. The highest BCUT2D eigenvalue weighted by molar-refractivity contribution is 7.90. The maximum absolute atomic E-state index is 11.8. The summed E-state index contributed by atoms with van der Waals surface area (Å²) < 4.78 is 26.0. The summed E-state index contributed by atoms with van der Waals surface area (Å²) in [5, 5.41) is 9.88. The molecule has 0 bridgehead atoms. The summed E-state index contributed by atoms with van der Waals surface area (Å²) in [6.07, 6.45) is 0.554. The molecule has 1 aromatic carbocycles. The van der Waals surface area contributed by atoms with Gasteiger partial charge in [-0.3, -0.25) is 9.71 Å². The maximum Gasteiger partial charge on any atom is 0.263 e. The number of amidine groups is 1. The number of hydrogen-bond acceptors (Lipinski definition) is 4. The predicted molar refractivity (Wildman–Crippen MR) is 69.1 cm³/mol. The molecule has 1 aromatic rings. The van der Waals surface area contributed by atoms with Crippen molar-refractivity contribution in [2.75, 3.05) is 6.54 Å². The van der Waals surface area contributed by atoms with Crippen molar-refractivity contribution in [2.24, 2.45) is 4.99 Å². The molecule has 1 unspecified atom stereocenters. The molecule has 0 saturated carbocycles.